The van der Waals surface area contributed by atoms with Crippen LogP contribution in [0.5, 0.6) is 0 Å². The van der Waals surface area contributed by atoms with Gasteiger partial charge in [0, 0.05) is 11.8 Å². The Morgan fingerprint density at radius 2 is 1.12 bits per heavy atom. The van der Waals surface area contributed by atoms with Gasteiger partial charge in [0.1, 0.15) is 11.6 Å². The number of fused-ring (bicyclic) bond motifs is 2. The Morgan fingerprint density at radius 3 is 1.60 bits per heavy atom. The summed E-state index contributed by atoms with van der Waals surface area (Å²) in [5.41, 5.74) is 4.54. The van der Waals surface area contributed by atoms with Gasteiger partial charge in [0.15, 0.2) is 11.6 Å². The SMILES string of the molecule is Cc1nc2cc(C(=O)O)ccc2n1-c1ccc(F)c(F)c1.Cc1nc2cc(C(=O)O)ccc2n1-c1ccccc1. The van der Waals surface area contributed by atoms with Crippen LogP contribution in [0.25, 0.3) is 33.4 Å². The molecular formula is C30H22F2N4O4. The van der Waals surface area contributed by atoms with Crippen molar-refractivity contribution in [1.82, 2.24) is 19.1 Å². The summed E-state index contributed by atoms with van der Waals surface area (Å²) in [6.45, 7) is 3.62. The number of rotatable bonds is 4. The van der Waals surface area contributed by atoms with E-state index in [1.165, 1.54) is 18.2 Å². The second-order valence-corrected chi connectivity index (χ2v) is 8.94. The van der Waals surface area contributed by atoms with E-state index < -0.39 is 23.6 Å². The Hall–Kier alpha value is -5.38. The topological polar surface area (TPSA) is 110 Å². The van der Waals surface area contributed by atoms with E-state index in [1.54, 1.807) is 35.8 Å². The number of hydrogen-bond acceptors (Lipinski definition) is 4. The Kier molecular flexibility index (Phi) is 6.83. The number of nitrogens with zero attached hydrogens (tertiary/aromatic N) is 4. The summed E-state index contributed by atoms with van der Waals surface area (Å²) in [5.74, 6) is -2.46. The Morgan fingerprint density at radius 1 is 0.625 bits per heavy atom. The lowest BCUT2D eigenvalue weighted by Crippen LogP contribution is -1.99. The van der Waals surface area contributed by atoms with Crippen LogP contribution < -0.4 is 0 Å². The highest BCUT2D eigenvalue weighted by atomic mass is 19.2. The monoisotopic (exact) mass is 540 g/mol. The van der Waals surface area contributed by atoms with Crippen molar-refractivity contribution < 1.29 is 28.6 Å². The van der Waals surface area contributed by atoms with Crippen molar-refractivity contribution in [3.63, 3.8) is 0 Å². The zero-order valence-electron chi connectivity index (χ0n) is 21.3. The summed E-state index contributed by atoms with van der Waals surface area (Å²) >= 11 is 0. The van der Waals surface area contributed by atoms with Crippen molar-refractivity contribution in [2.24, 2.45) is 0 Å². The van der Waals surface area contributed by atoms with Gasteiger partial charge < -0.3 is 10.2 Å². The van der Waals surface area contributed by atoms with Crippen molar-refractivity contribution >= 4 is 34.0 Å². The normalized spacial score (nSPS) is 10.9. The van der Waals surface area contributed by atoms with Crippen LogP contribution in [0.3, 0.4) is 0 Å². The molecule has 200 valence electrons. The first-order valence-corrected chi connectivity index (χ1v) is 12.1. The third-order valence-electron chi connectivity index (χ3n) is 6.31. The number of aromatic carboxylic acids is 2. The Balaban J connectivity index is 0.000000162. The summed E-state index contributed by atoms with van der Waals surface area (Å²) in [6.07, 6.45) is 0. The first kappa shape index (κ1) is 26.2. The average Bonchev–Trinajstić information content (AvgIpc) is 3.44. The number of carboxylic acids is 2. The molecule has 0 fully saturated rings. The first-order chi connectivity index (χ1) is 19.1. The largest absolute Gasteiger partial charge is 0.478 e. The highest BCUT2D eigenvalue weighted by molar-refractivity contribution is 5.93. The average molecular weight is 541 g/mol. The molecule has 10 heteroatoms. The van der Waals surface area contributed by atoms with E-state index in [-0.39, 0.29) is 11.1 Å². The van der Waals surface area contributed by atoms with E-state index >= 15 is 0 Å². The minimum absolute atomic E-state index is 0.123. The van der Waals surface area contributed by atoms with Gasteiger partial charge in [-0.15, -0.1) is 0 Å². The molecule has 0 atom stereocenters. The quantitative estimate of drug-likeness (QED) is 0.270. The van der Waals surface area contributed by atoms with Crippen LogP contribution in [-0.4, -0.2) is 41.3 Å². The van der Waals surface area contributed by atoms with E-state index in [0.717, 1.165) is 29.2 Å². The minimum Gasteiger partial charge on any atom is -0.478 e. The van der Waals surface area contributed by atoms with Crippen LogP contribution in [-0.2, 0) is 0 Å². The van der Waals surface area contributed by atoms with E-state index in [9.17, 15) is 18.4 Å². The number of hydrogen-bond donors (Lipinski definition) is 2. The summed E-state index contributed by atoms with van der Waals surface area (Å²) in [4.78, 5) is 30.6. The molecule has 0 unspecified atom stereocenters. The molecular weight excluding hydrogens is 518 g/mol. The lowest BCUT2D eigenvalue weighted by molar-refractivity contribution is 0.0686. The highest BCUT2D eigenvalue weighted by Crippen LogP contribution is 2.24. The lowest BCUT2D eigenvalue weighted by Gasteiger charge is -2.07. The second-order valence-electron chi connectivity index (χ2n) is 8.94. The van der Waals surface area contributed by atoms with Gasteiger partial charge in [0.05, 0.1) is 38.9 Å². The van der Waals surface area contributed by atoms with Gasteiger partial charge in [-0.3, -0.25) is 9.13 Å². The molecule has 2 aromatic heterocycles. The number of aromatic nitrogens is 4. The van der Waals surface area contributed by atoms with E-state index in [2.05, 4.69) is 9.97 Å². The molecule has 0 aliphatic rings. The van der Waals surface area contributed by atoms with Gasteiger partial charge in [0.2, 0.25) is 0 Å². The molecule has 0 amide bonds. The van der Waals surface area contributed by atoms with Crippen LogP contribution in [0, 0.1) is 25.5 Å². The van der Waals surface area contributed by atoms with Gasteiger partial charge in [-0.25, -0.2) is 28.3 Å². The molecule has 8 nitrogen and oxygen atoms in total. The number of aryl methyl sites for hydroxylation is 2. The fraction of sp³-hybridized carbons (Fsp3) is 0.0667. The number of imidazole rings is 2. The maximum Gasteiger partial charge on any atom is 0.335 e. The fourth-order valence-corrected chi connectivity index (χ4v) is 4.52. The van der Waals surface area contributed by atoms with E-state index in [4.69, 9.17) is 10.2 Å². The molecule has 0 aliphatic heterocycles. The van der Waals surface area contributed by atoms with Crippen molar-refractivity contribution in [3.05, 3.63) is 119 Å². The van der Waals surface area contributed by atoms with Gasteiger partial charge >= 0.3 is 11.9 Å². The van der Waals surface area contributed by atoms with E-state index in [1.807, 2.05) is 41.8 Å². The summed E-state index contributed by atoms with van der Waals surface area (Å²) in [5, 5.41) is 18.0. The molecule has 2 N–H and O–H groups in total. The summed E-state index contributed by atoms with van der Waals surface area (Å²) in [6, 6.07) is 22.9. The van der Waals surface area contributed by atoms with Crippen molar-refractivity contribution in [2.45, 2.75) is 13.8 Å². The molecule has 0 saturated carbocycles. The molecule has 0 spiro atoms. The maximum absolute atomic E-state index is 13.4. The zero-order chi connectivity index (χ0) is 28.6. The number of carbonyl (C=O) groups is 2. The van der Waals surface area contributed by atoms with Gasteiger partial charge in [-0.2, -0.15) is 0 Å². The molecule has 6 aromatic rings. The third-order valence-corrected chi connectivity index (χ3v) is 6.31. The van der Waals surface area contributed by atoms with Crippen molar-refractivity contribution in [3.8, 4) is 11.4 Å². The zero-order valence-corrected chi connectivity index (χ0v) is 21.3. The van der Waals surface area contributed by atoms with Crippen LogP contribution in [0.1, 0.15) is 32.4 Å². The standard InChI is InChI=1S/C15H10F2N2O2.C15H12N2O2/c1-8-18-13-6-9(15(20)21)2-5-14(13)19(8)10-3-4-11(16)12(17)7-10;1-10-16-13-9-11(15(18)19)7-8-14(13)17(10)12-5-3-2-4-6-12/h2-7H,1H3,(H,20,21);2-9H,1H3,(H,18,19). The van der Waals surface area contributed by atoms with Gasteiger partial charge in [-0.05, 0) is 74.5 Å². The first-order valence-electron chi connectivity index (χ1n) is 12.1. The Labute approximate surface area is 226 Å². The maximum atomic E-state index is 13.4. The van der Waals surface area contributed by atoms with E-state index in [0.29, 0.717) is 28.1 Å². The third kappa shape index (κ3) is 4.90. The number of carboxylic acid groups (broad SMARTS) is 2. The number of benzene rings is 4. The van der Waals surface area contributed by atoms with Gasteiger partial charge in [0.25, 0.3) is 0 Å². The van der Waals surface area contributed by atoms with Gasteiger partial charge in [-0.1, -0.05) is 18.2 Å². The number of para-hydroxylation sites is 1. The molecule has 0 bridgehead atoms. The molecule has 0 radical (unpaired) electrons. The molecule has 2 heterocycles. The lowest BCUT2D eigenvalue weighted by atomic mass is 10.2. The fourth-order valence-electron chi connectivity index (χ4n) is 4.52. The highest BCUT2D eigenvalue weighted by Gasteiger charge is 2.14. The summed E-state index contributed by atoms with van der Waals surface area (Å²) < 4.78 is 30.1. The Bertz CT molecular complexity index is 1910. The molecule has 0 aliphatic carbocycles. The summed E-state index contributed by atoms with van der Waals surface area (Å²) in [7, 11) is 0. The predicted octanol–water partition coefficient (Wildman–Crippen LogP) is 6.34. The van der Waals surface area contributed by atoms with Crippen molar-refractivity contribution in [1.29, 1.82) is 0 Å². The van der Waals surface area contributed by atoms with Crippen LogP contribution in [0.2, 0.25) is 0 Å². The smallest absolute Gasteiger partial charge is 0.335 e. The molecule has 40 heavy (non-hydrogen) atoms. The predicted molar refractivity (Wildman–Crippen MR) is 145 cm³/mol. The molecule has 6 rings (SSSR count). The minimum atomic E-state index is -1.04. The second kappa shape index (κ2) is 10.4. The van der Waals surface area contributed by atoms with Crippen LogP contribution in [0.15, 0.2) is 84.9 Å². The van der Waals surface area contributed by atoms with Crippen LogP contribution in [0.4, 0.5) is 8.78 Å². The molecule has 0 saturated heterocycles. The van der Waals surface area contributed by atoms with Crippen molar-refractivity contribution in [2.75, 3.05) is 0 Å². The van der Waals surface area contributed by atoms with Crippen LogP contribution >= 0.6 is 0 Å². The number of halogens is 2. The molecule has 4 aromatic carbocycles.